The van der Waals surface area contributed by atoms with E-state index < -0.39 is 53.6 Å². The molecule has 1 saturated heterocycles. The van der Waals surface area contributed by atoms with Crippen LogP contribution in [0.2, 0.25) is 0 Å². The topological polar surface area (TPSA) is 195 Å². The van der Waals surface area contributed by atoms with Gasteiger partial charge in [-0.05, 0) is 0 Å². The Hall–Kier alpha value is -2.96. The molecule has 5 atom stereocenters. The first-order chi connectivity index (χ1) is 11.8. The number of rotatable bonds is 5. The zero-order valence-corrected chi connectivity index (χ0v) is 12.5. The number of hydrogen-bond donors (Lipinski definition) is 7. The minimum absolute atomic E-state index is 0.138. The summed E-state index contributed by atoms with van der Waals surface area (Å²) < 4.78 is 10.8. The predicted octanol–water partition coefficient (Wildman–Crippen LogP) is -1.59. The molecule has 0 amide bonds. The van der Waals surface area contributed by atoms with Gasteiger partial charge in [0.2, 0.25) is 0 Å². The van der Waals surface area contributed by atoms with E-state index in [1.165, 1.54) is 0 Å². The molecule has 12 heteroatoms. The van der Waals surface area contributed by atoms with Crippen molar-refractivity contribution in [2.45, 2.75) is 30.6 Å². The molecule has 12 nitrogen and oxygen atoms in total. The van der Waals surface area contributed by atoms with Gasteiger partial charge in [0.05, 0.1) is 0 Å². The van der Waals surface area contributed by atoms with Crippen molar-refractivity contribution in [2.24, 2.45) is 0 Å². The summed E-state index contributed by atoms with van der Waals surface area (Å²) in [6.07, 6.45) is -6.84. The first-order valence-corrected chi connectivity index (χ1v) is 6.86. The highest BCUT2D eigenvalue weighted by Gasteiger charge is 2.50. The summed E-state index contributed by atoms with van der Waals surface area (Å²) in [4.78, 5) is 24.8. The molecular formula is C13H16N2O10. The molecule has 1 fully saturated rings. The maximum atomic E-state index is 11.8. The Kier molecular flexibility index (Phi) is 5.36. The van der Waals surface area contributed by atoms with Crippen molar-refractivity contribution >= 4 is 0 Å². The van der Waals surface area contributed by atoms with Crippen LogP contribution < -0.4 is 11.2 Å². The molecule has 0 radical (unpaired) electrons. The third-order valence-corrected chi connectivity index (χ3v) is 3.48. The van der Waals surface area contributed by atoms with Crippen molar-refractivity contribution in [3.63, 3.8) is 0 Å². The lowest BCUT2D eigenvalue weighted by atomic mass is 10.0. The summed E-state index contributed by atoms with van der Waals surface area (Å²) >= 11 is 0. The lowest BCUT2D eigenvalue weighted by Gasteiger charge is -2.24. The maximum Gasteiger partial charge on any atom is 0.330 e. The van der Waals surface area contributed by atoms with Gasteiger partial charge in [-0.15, -0.1) is 0 Å². The Morgan fingerprint density at radius 1 is 1.24 bits per heavy atom. The number of hydrogen-bond acceptors (Lipinski definition) is 10. The quantitative estimate of drug-likeness (QED) is 0.301. The average molecular weight is 360 g/mol. The fraction of sp³-hybridized carbons (Fsp3) is 0.385. The van der Waals surface area contributed by atoms with Crippen molar-refractivity contribution in [2.75, 3.05) is 0 Å². The van der Waals surface area contributed by atoms with Gasteiger partial charge in [0, 0.05) is 12.3 Å². The Bertz CT molecular complexity index is 782. The van der Waals surface area contributed by atoms with Crippen LogP contribution in [-0.2, 0) is 9.47 Å². The molecule has 1 unspecified atom stereocenters. The molecule has 1 aromatic rings. The number of H-pyrrole nitrogens is 1. The Balaban J connectivity index is 2.36. The van der Waals surface area contributed by atoms with Crippen molar-refractivity contribution in [3.05, 3.63) is 57.3 Å². The number of aliphatic hydroxyl groups is 6. The molecule has 2 rings (SSSR count). The number of aromatic amines is 1. The zero-order valence-electron chi connectivity index (χ0n) is 12.5. The summed E-state index contributed by atoms with van der Waals surface area (Å²) in [5.41, 5.74) is -1.62. The van der Waals surface area contributed by atoms with E-state index in [0.717, 1.165) is 16.8 Å². The van der Waals surface area contributed by atoms with Crippen molar-refractivity contribution in [3.8, 4) is 0 Å². The minimum atomic E-state index is -1.73. The van der Waals surface area contributed by atoms with Crippen LogP contribution in [0, 0.1) is 0 Å². The van der Waals surface area contributed by atoms with E-state index in [0.29, 0.717) is 0 Å². The monoisotopic (exact) mass is 360 g/mol. The first-order valence-electron chi connectivity index (χ1n) is 6.86. The third-order valence-electron chi connectivity index (χ3n) is 3.48. The van der Waals surface area contributed by atoms with Gasteiger partial charge in [0.1, 0.15) is 24.6 Å². The van der Waals surface area contributed by atoms with E-state index in [4.69, 9.17) is 19.7 Å². The predicted molar refractivity (Wildman–Crippen MR) is 78.8 cm³/mol. The fourth-order valence-electron chi connectivity index (χ4n) is 2.32. The molecule has 0 bridgehead atoms. The minimum Gasteiger partial charge on any atom is -0.512 e. The van der Waals surface area contributed by atoms with Gasteiger partial charge in [-0.1, -0.05) is 0 Å². The fourth-order valence-corrected chi connectivity index (χ4v) is 2.32. The first kappa shape index (κ1) is 18.4. The second kappa shape index (κ2) is 7.29. The Morgan fingerprint density at radius 2 is 1.92 bits per heavy atom. The van der Waals surface area contributed by atoms with Crippen LogP contribution >= 0.6 is 0 Å². The number of ether oxygens (including phenoxy) is 2. The van der Waals surface area contributed by atoms with Crippen LogP contribution in [0.5, 0.6) is 0 Å². The molecule has 1 aromatic heterocycles. The van der Waals surface area contributed by atoms with E-state index in [1.807, 2.05) is 4.98 Å². The molecule has 0 saturated carbocycles. The summed E-state index contributed by atoms with van der Waals surface area (Å²) in [5.74, 6) is -1.98. The van der Waals surface area contributed by atoms with Crippen LogP contribution in [-0.4, -0.2) is 64.6 Å². The average Bonchev–Trinajstić information content (AvgIpc) is 2.87. The summed E-state index contributed by atoms with van der Waals surface area (Å²) in [6.45, 7) is 0. The van der Waals surface area contributed by atoms with E-state index in [1.54, 1.807) is 0 Å². The van der Waals surface area contributed by atoms with Gasteiger partial charge < -0.3 is 40.1 Å². The summed E-state index contributed by atoms with van der Waals surface area (Å²) in [6, 6.07) is 0.983. The maximum absolute atomic E-state index is 11.8. The number of aromatic nitrogens is 2. The normalized spacial score (nSPS) is 28.7. The molecule has 1 aliphatic rings. The van der Waals surface area contributed by atoms with Crippen molar-refractivity contribution in [1.29, 1.82) is 0 Å². The molecule has 0 spiro atoms. The SMILES string of the molecule is O=c1ccn([C@@H]2O[C@H](C(OC(O)=CO)C(O)=CO)[C@@H](O)[C@H]2O)c(=O)[nH]1. The van der Waals surface area contributed by atoms with E-state index >= 15 is 0 Å². The van der Waals surface area contributed by atoms with Gasteiger partial charge in [-0.2, -0.15) is 0 Å². The van der Waals surface area contributed by atoms with Crippen LogP contribution in [0.4, 0.5) is 0 Å². The molecule has 25 heavy (non-hydrogen) atoms. The Morgan fingerprint density at radius 3 is 2.48 bits per heavy atom. The molecule has 0 aromatic carbocycles. The van der Waals surface area contributed by atoms with Crippen LogP contribution in [0.1, 0.15) is 6.23 Å². The molecule has 2 heterocycles. The second-order valence-electron chi connectivity index (χ2n) is 5.05. The van der Waals surface area contributed by atoms with Gasteiger partial charge in [0.15, 0.2) is 24.4 Å². The molecular weight excluding hydrogens is 344 g/mol. The van der Waals surface area contributed by atoms with Crippen LogP contribution in [0.3, 0.4) is 0 Å². The lowest BCUT2D eigenvalue weighted by molar-refractivity contribution is -0.109. The standard InChI is InChI=1S/C13H16N2O10/c16-3-5(18)10(24-7(20)4-17)11-8(21)9(22)12(25-11)15-2-1-6(19)14-13(15)23/h1-4,8-12,16-18,20-22H,(H,14,19,23)/t8-,9+,10?,11-,12+/m0/s1. The lowest BCUT2D eigenvalue weighted by Crippen LogP contribution is -2.41. The van der Waals surface area contributed by atoms with Gasteiger partial charge in [-0.3, -0.25) is 14.3 Å². The summed E-state index contributed by atoms with van der Waals surface area (Å²) in [5, 5.41) is 56.6. The molecule has 1 aliphatic heterocycles. The molecule has 7 N–H and O–H groups in total. The zero-order chi connectivity index (χ0) is 18.7. The van der Waals surface area contributed by atoms with Crippen LogP contribution in [0.15, 0.2) is 46.1 Å². The van der Waals surface area contributed by atoms with Crippen molar-refractivity contribution in [1.82, 2.24) is 9.55 Å². The van der Waals surface area contributed by atoms with Crippen molar-refractivity contribution < 1.29 is 40.1 Å². The third kappa shape index (κ3) is 3.60. The van der Waals surface area contributed by atoms with E-state index in [-0.39, 0.29) is 12.5 Å². The smallest absolute Gasteiger partial charge is 0.330 e. The molecule has 0 aliphatic carbocycles. The number of aliphatic hydroxyl groups excluding tert-OH is 6. The van der Waals surface area contributed by atoms with Gasteiger partial charge in [-0.25, -0.2) is 4.79 Å². The van der Waals surface area contributed by atoms with Gasteiger partial charge >= 0.3 is 11.6 Å². The highest BCUT2D eigenvalue weighted by Crippen LogP contribution is 2.33. The second-order valence-corrected chi connectivity index (χ2v) is 5.05. The largest absolute Gasteiger partial charge is 0.512 e. The highest BCUT2D eigenvalue weighted by molar-refractivity contribution is 5.06. The summed E-state index contributed by atoms with van der Waals surface area (Å²) in [7, 11) is 0. The number of nitrogens with one attached hydrogen (secondary N) is 1. The van der Waals surface area contributed by atoms with Crippen LogP contribution in [0.25, 0.3) is 0 Å². The van der Waals surface area contributed by atoms with E-state index in [2.05, 4.69) is 0 Å². The van der Waals surface area contributed by atoms with Gasteiger partial charge in [0.25, 0.3) is 5.56 Å². The Labute approximate surface area is 138 Å². The number of nitrogens with zero attached hydrogens (tertiary/aromatic N) is 1. The highest BCUT2D eigenvalue weighted by atomic mass is 16.6. The molecule has 138 valence electrons. The van der Waals surface area contributed by atoms with E-state index in [9.17, 15) is 30.0 Å².